The summed E-state index contributed by atoms with van der Waals surface area (Å²) in [4.78, 5) is 6.50. The van der Waals surface area contributed by atoms with Crippen molar-refractivity contribution in [1.29, 1.82) is 0 Å². The van der Waals surface area contributed by atoms with Crippen molar-refractivity contribution in [3.63, 3.8) is 0 Å². The molecule has 122 valence electrons. The molecule has 0 aliphatic carbocycles. The monoisotopic (exact) mass is 322 g/mol. The Bertz CT molecular complexity index is 798. The van der Waals surface area contributed by atoms with Gasteiger partial charge in [0.15, 0.2) is 0 Å². The molecule has 1 atom stereocenters. The predicted octanol–water partition coefficient (Wildman–Crippen LogP) is 3.22. The van der Waals surface area contributed by atoms with Gasteiger partial charge in [-0.1, -0.05) is 36.4 Å². The van der Waals surface area contributed by atoms with E-state index < -0.39 is 0 Å². The van der Waals surface area contributed by atoms with E-state index in [9.17, 15) is 4.39 Å². The van der Waals surface area contributed by atoms with Gasteiger partial charge < -0.3 is 0 Å². The molecule has 0 radical (unpaired) electrons. The van der Waals surface area contributed by atoms with E-state index in [0.717, 1.165) is 31.6 Å². The summed E-state index contributed by atoms with van der Waals surface area (Å²) in [6.45, 7) is 2.54. The smallest absolute Gasteiger partial charge is 0.137 e. The fourth-order valence-electron chi connectivity index (χ4n) is 3.44. The molecule has 3 aromatic rings. The van der Waals surface area contributed by atoms with Gasteiger partial charge in [0.1, 0.15) is 18.5 Å². The van der Waals surface area contributed by atoms with Crippen molar-refractivity contribution >= 4 is 0 Å². The molecule has 0 saturated heterocycles. The fraction of sp³-hybridized carbons (Fsp3) is 0.263. The first-order valence-corrected chi connectivity index (χ1v) is 8.18. The van der Waals surface area contributed by atoms with Gasteiger partial charge in [-0.3, -0.25) is 9.58 Å². The fourth-order valence-corrected chi connectivity index (χ4v) is 3.44. The highest BCUT2D eigenvalue weighted by molar-refractivity contribution is 5.33. The topological polar surface area (TPSA) is 34.0 Å². The third kappa shape index (κ3) is 3.08. The minimum atomic E-state index is -0.193. The largest absolute Gasteiger partial charge is 0.290 e. The Morgan fingerprint density at radius 3 is 2.71 bits per heavy atom. The van der Waals surface area contributed by atoms with Crippen LogP contribution >= 0.6 is 0 Å². The van der Waals surface area contributed by atoms with Crippen LogP contribution in [0.15, 0.2) is 61.2 Å². The molecule has 0 spiro atoms. The molecule has 1 aromatic heterocycles. The second kappa shape index (κ2) is 6.53. The minimum Gasteiger partial charge on any atom is -0.290 e. The molecule has 0 N–H and O–H groups in total. The van der Waals surface area contributed by atoms with Gasteiger partial charge in [-0.2, -0.15) is 5.10 Å². The quantitative estimate of drug-likeness (QED) is 0.739. The van der Waals surface area contributed by atoms with Crippen LogP contribution in [0.1, 0.15) is 22.7 Å². The molecule has 1 aliphatic rings. The molecule has 1 unspecified atom stereocenters. The Balaban J connectivity index is 1.63. The summed E-state index contributed by atoms with van der Waals surface area (Å²) in [5.41, 5.74) is 3.87. The molecule has 0 fully saturated rings. The van der Waals surface area contributed by atoms with Crippen molar-refractivity contribution in [3.05, 3.63) is 83.7 Å². The molecule has 0 bridgehead atoms. The van der Waals surface area contributed by atoms with Gasteiger partial charge in [-0.15, -0.1) is 0 Å². The molecule has 2 aromatic carbocycles. The number of hydrogen-bond donors (Lipinski definition) is 0. The van der Waals surface area contributed by atoms with Gasteiger partial charge >= 0.3 is 0 Å². The third-order valence-corrected chi connectivity index (χ3v) is 4.65. The lowest BCUT2D eigenvalue weighted by Gasteiger charge is -2.37. The maximum absolute atomic E-state index is 13.2. The van der Waals surface area contributed by atoms with Crippen molar-refractivity contribution in [1.82, 2.24) is 19.7 Å². The second-order valence-electron chi connectivity index (χ2n) is 6.18. The van der Waals surface area contributed by atoms with Gasteiger partial charge in [0.25, 0.3) is 0 Å². The summed E-state index contributed by atoms with van der Waals surface area (Å²) in [6.07, 6.45) is 4.36. The van der Waals surface area contributed by atoms with E-state index in [0.29, 0.717) is 0 Å². The number of halogens is 1. The van der Waals surface area contributed by atoms with Crippen molar-refractivity contribution in [2.24, 2.45) is 0 Å². The van der Waals surface area contributed by atoms with Crippen LogP contribution in [0.4, 0.5) is 4.39 Å². The van der Waals surface area contributed by atoms with Crippen LogP contribution in [0.25, 0.3) is 0 Å². The molecule has 0 amide bonds. The normalized spacial score (nSPS) is 17.6. The van der Waals surface area contributed by atoms with Gasteiger partial charge in [0.2, 0.25) is 0 Å². The average molecular weight is 322 g/mol. The van der Waals surface area contributed by atoms with E-state index in [1.54, 1.807) is 12.7 Å². The van der Waals surface area contributed by atoms with E-state index >= 15 is 0 Å². The maximum Gasteiger partial charge on any atom is 0.137 e. The Morgan fingerprint density at radius 2 is 1.92 bits per heavy atom. The van der Waals surface area contributed by atoms with E-state index in [1.807, 2.05) is 16.8 Å². The first-order chi connectivity index (χ1) is 11.8. The standard InChI is InChI=1S/C19H19FN4/c20-17-7-5-15(6-8-17)11-23-10-9-16-3-1-2-4-18(16)19(23)12-24-14-21-13-22-24/h1-8,13-14,19H,9-12H2. The van der Waals surface area contributed by atoms with E-state index in [1.165, 1.54) is 23.3 Å². The lowest BCUT2D eigenvalue weighted by Crippen LogP contribution is -2.37. The Morgan fingerprint density at radius 1 is 1.08 bits per heavy atom. The highest BCUT2D eigenvalue weighted by atomic mass is 19.1. The number of benzene rings is 2. The zero-order chi connectivity index (χ0) is 16.4. The number of hydrogen-bond acceptors (Lipinski definition) is 3. The van der Waals surface area contributed by atoms with Crippen LogP contribution in [-0.2, 0) is 19.5 Å². The van der Waals surface area contributed by atoms with Gasteiger partial charge in [0.05, 0.1) is 12.6 Å². The highest BCUT2D eigenvalue weighted by Gasteiger charge is 2.27. The summed E-state index contributed by atoms with van der Waals surface area (Å²) < 4.78 is 15.0. The Labute approximate surface area is 140 Å². The van der Waals surface area contributed by atoms with Crippen LogP contribution in [0.3, 0.4) is 0 Å². The van der Waals surface area contributed by atoms with Crippen LogP contribution in [0, 0.1) is 5.82 Å². The molecular weight excluding hydrogens is 303 g/mol. The zero-order valence-corrected chi connectivity index (χ0v) is 13.3. The molecule has 1 aliphatic heterocycles. The Hall–Kier alpha value is -2.53. The van der Waals surface area contributed by atoms with Crippen LogP contribution in [0.5, 0.6) is 0 Å². The van der Waals surface area contributed by atoms with Crippen LogP contribution in [0.2, 0.25) is 0 Å². The average Bonchev–Trinajstić information content (AvgIpc) is 3.12. The molecule has 5 heteroatoms. The summed E-state index contributed by atoms with van der Waals surface area (Å²) in [6, 6.07) is 15.6. The number of fused-ring (bicyclic) bond motifs is 1. The molecule has 2 heterocycles. The third-order valence-electron chi connectivity index (χ3n) is 4.65. The van der Waals surface area contributed by atoms with Crippen LogP contribution < -0.4 is 0 Å². The van der Waals surface area contributed by atoms with Crippen LogP contribution in [-0.4, -0.2) is 26.2 Å². The predicted molar refractivity (Wildman–Crippen MR) is 89.7 cm³/mol. The molecule has 4 nitrogen and oxygen atoms in total. The minimum absolute atomic E-state index is 0.193. The molecular formula is C19H19FN4. The zero-order valence-electron chi connectivity index (χ0n) is 13.3. The highest BCUT2D eigenvalue weighted by Crippen LogP contribution is 2.32. The van der Waals surface area contributed by atoms with E-state index in [-0.39, 0.29) is 11.9 Å². The van der Waals surface area contributed by atoms with E-state index in [4.69, 9.17) is 0 Å². The summed E-state index contributed by atoms with van der Waals surface area (Å²) in [7, 11) is 0. The first-order valence-electron chi connectivity index (χ1n) is 8.18. The number of aromatic nitrogens is 3. The number of rotatable bonds is 4. The maximum atomic E-state index is 13.2. The van der Waals surface area contributed by atoms with Gasteiger partial charge in [-0.25, -0.2) is 9.37 Å². The van der Waals surface area contributed by atoms with Gasteiger partial charge in [-0.05, 0) is 35.2 Å². The SMILES string of the molecule is Fc1ccc(CN2CCc3ccccc3C2Cn2cncn2)cc1. The molecule has 24 heavy (non-hydrogen) atoms. The van der Waals surface area contributed by atoms with Crippen molar-refractivity contribution in [3.8, 4) is 0 Å². The van der Waals surface area contributed by atoms with E-state index in [2.05, 4.69) is 39.2 Å². The summed E-state index contributed by atoms with van der Waals surface area (Å²) in [5.74, 6) is -0.193. The Kier molecular flexibility index (Phi) is 4.09. The lowest BCUT2D eigenvalue weighted by molar-refractivity contribution is 0.154. The molecule has 0 saturated carbocycles. The summed E-state index contributed by atoms with van der Waals surface area (Å²) in [5, 5.41) is 4.27. The van der Waals surface area contributed by atoms with Gasteiger partial charge in [0, 0.05) is 13.1 Å². The first kappa shape index (κ1) is 15.0. The van der Waals surface area contributed by atoms with Crippen molar-refractivity contribution in [2.75, 3.05) is 6.54 Å². The molecule has 4 rings (SSSR count). The van der Waals surface area contributed by atoms with Crippen molar-refractivity contribution in [2.45, 2.75) is 25.6 Å². The summed E-state index contributed by atoms with van der Waals surface area (Å²) >= 11 is 0. The van der Waals surface area contributed by atoms with Crippen molar-refractivity contribution < 1.29 is 4.39 Å². The number of nitrogens with zero attached hydrogens (tertiary/aromatic N) is 4. The second-order valence-corrected chi connectivity index (χ2v) is 6.18. The lowest BCUT2D eigenvalue weighted by atomic mass is 9.92.